The van der Waals surface area contributed by atoms with Crippen LogP contribution in [0.15, 0.2) is 47.4 Å². The molecule has 0 radical (unpaired) electrons. The highest BCUT2D eigenvalue weighted by atomic mass is 32.2. The topological polar surface area (TPSA) is 130 Å². The maximum absolute atomic E-state index is 12.9. The minimum Gasteiger partial charge on any atom is -0.497 e. The smallest absolute Gasteiger partial charge is 0.258 e. The summed E-state index contributed by atoms with van der Waals surface area (Å²) in [4.78, 5) is 20.1. The molecule has 1 amide bonds. The van der Waals surface area contributed by atoms with Crippen molar-refractivity contribution in [1.82, 2.24) is 24.5 Å². The van der Waals surface area contributed by atoms with Crippen molar-refractivity contribution in [2.45, 2.75) is 17.7 Å². The number of aromatic nitrogens is 4. The molecule has 1 aliphatic rings. The second-order valence-electron chi connectivity index (χ2n) is 7.46. The number of nitrogens with one attached hydrogen (secondary N) is 2. The highest BCUT2D eigenvalue weighted by Crippen LogP contribution is 2.28. The first kappa shape index (κ1) is 20.3. The van der Waals surface area contributed by atoms with Gasteiger partial charge in [0.2, 0.25) is 10.0 Å². The van der Waals surface area contributed by atoms with E-state index in [2.05, 4.69) is 25.5 Å². The van der Waals surface area contributed by atoms with Gasteiger partial charge in [0, 0.05) is 29.6 Å². The first-order valence-electron chi connectivity index (χ1n) is 10.1. The van der Waals surface area contributed by atoms with Crippen molar-refractivity contribution in [3.63, 3.8) is 0 Å². The summed E-state index contributed by atoms with van der Waals surface area (Å²) in [7, 11) is -2.00. The van der Waals surface area contributed by atoms with Crippen molar-refractivity contribution < 1.29 is 17.9 Å². The van der Waals surface area contributed by atoms with E-state index in [1.165, 1.54) is 4.31 Å². The number of ether oxygens (including phenoxy) is 1. The maximum Gasteiger partial charge on any atom is 0.258 e. The Morgan fingerprint density at radius 3 is 2.56 bits per heavy atom. The molecule has 1 fully saturated rings. The molecule has 10 nitrogen and oxygen atoms in total. The molecule has 2 aromatic carbocycles. The van der Waals surface area contributed by atoms with E-state index in [4.69, 9.17) is 4.74 Å². The van der Waals surface area contributed by atoms with Gasteiger partial charge in [0.05, 0.1) is 12.0 Å². The number of sulfonamides is 1. The van der Waals surface area contributed by atoms with Crippen LogP contribution < -0.4 is 10.1 Å². The van der Waals surface area contributed by atoms with Gasteiger partial charge in [-0.3, -0.25) is 10.1 Å². The zero-order valence-corrected chi connectivity index (χ0v) is 18.0. The van der Waals surface area contributed by atoms with Crippen LogP contribution in [0.5, 0.6) is 5.75 Å². The lowest BCUT2D eigenvalue weighted by Gasteiger charge is -2.15. The number of H-pyrrole nitrogens is 1. The van der Waals surface area contributed by atoms with Crippen molar-refractivity contribution in [2.75, 3.05) is 25.5 Å². The standard InChI is InChI=1S/C21H20N6O4S/c1-31-14-6-4-13(5-7-14)20(28)24-21-23-19-18(25-26-21)16-12-15(8-9-17(16)22-19)32(29,30)27-10-2-3-11-27/h4-9,12H,2-3,10-11H2,1H3,(H2,22,23,24,26,28). The van der Waals surface area contributed by atoms with Crippen molar-refractivity contribution in [2.24, 2.45) is 0 Å². The molecule has 0 bridgehead atoms. The normalized spacial score (nSPS) is 14.8. The average molecular weight is 452 g/mol. The first-order valence-corrected chi connectivity index (χ1v) is 11.5. The number of hydrogen-bond donors (Lipinski definition) is 2. The lowest BCUT2D eigenvalue weighted by Crippen LogP contribution is -2.27. The molecule has 4 aromatic rings. The Balaban J connectivity index is 1.45. The van der Waals surface area contributed by atoms with Gasteiger partial charge in [-0.15, -0.1) is 10.2 Å². The Kier molecular flexibility index (Phi) is 4.98. The summed E-state index contributed by atoms with van der Waals surface area (Å²) in [6.07, 6.45) is 1.74. The molecule has 1 aliphatic heterocycles. The third kappa shape index (κ3) is 3.55. The van der Waals surface area contributed by atoms with E-state index < -0.39 is 10.0 Å². The van der Waals surface area contributed by atoms with E-state index in [1.54, 1.807) is 49.6 Å². The molecule has 2 N–H and O–H groups in total. The quantitative estimate of drug-likeness (QED) is 0.476. The largest absolute Gasteiger partial charge is 0.497 e. The summed E-state index contributed by atoms with van der Waals surface area (Å²) >= 11 is 0. The Morgan fingerprint density at radius 2 is 1.84 bits per heavy atom. The Morgan fingerprint density at radius 1 is 1.09 bits per heavy atom. The predicted octanol–water partition coefficient (Wildman–Crippen LogP) is 2.55. The maximum atomic E-state index is 12.9. The van der Waals surface area contributed by atoms with E-state index in [0.29, 0.717) is 46.5 Å². The van der Waals surface area contributed by atoms with Gasteiger partial charge < -0.3 is 9.72 Å². The van der Waals surface area contributed by atoms with E-state index in [0.717, 1.165) is 12.8 Å². The Hall–Kier alpha value is -3.57. The molecule has 0 aliphatic carbocycles. The number of hydrogen-bond acceptors (Lipinski definition) is 7. The molecular formula is C21H20N6O4S. The zero-order valence-electron chi connectivity index (χ0n) is 17.2. The van der Waals surface area contributed by atoms with Crippen molar-refractivity contribution in [3.05, 3.63) is 48.0 Å². The zero-order chi connectivity index (χ0) is 22.3. The molecule has 5 rings (SSSR count). The molecule has 2 aromatic heterocycles. The molecule has 164 valence electrons. The van der Waals surface area contributed by atoms with Crippen LogP contribution in [0, 0.1) is 0 Å². The fraction of sp³-hybridized carbons (Fsp3) is 0.238. The van der Waals surface area contributed by atoms with Gasteiger partial charge in [-0.05, 0) is 55.3 Å². The molecule has 0 atom stereocenters. The lowest BCUT2D eigenvalue weighted by atomic mass is 10.2. The molecule has 11 heteroatoms. The number of anilines is 1. The highest BCUT2D eigenvalue weighted by molar-refractivity contribution is 7.89. The fourth-order valence-electron chi connectivity index (χ4n) is 3.76. The first-order chi connectivity index (χ1) is 15.5. The molecule has 0 saturated carbocycles. The number of fused-ring (bicyclic) bond motifs is 3. The number of nitrogens with zero attached hydrogens (tertiary/aromatic N) is 4. The highest BCUT2D eigenvalue weighted by Gasteiger charge is 2.27. The lowest BCUT2D eigenvalue weighted by molar-refractivity contribution is 0.102. The molecule has 0 unspecified atom stereocenters. The predicted molar refractivity (Wildman–Crippen MR) is 118 cm³/mol. The monoisotopic (exact) mass is 452 g/mol. The molecule has 32 heavy (non-hydrogen) atoms. The van der Waals surface area contributed by atoms with Gasteiger partial charge in [0.15, 0.2) is 5.65 Å². The van der Waals surface area contributed by atoms with Crippen LogP contribution in [-0.4, -0.2) is 59.0 Å². The third-order valence-corrected chi connectivity index (χ3v) is 7.36. The van der Waals surface area contributed by atoms with Crippen molar-refractivity contribution in [1.29, 1.82) is 0 Å². The number of carbonyl (C=O) groups is 1. The summed E-state index contributed by atoms with van der Waals surface area (Å²) in [5.41, 5.74) is 1.93. The van der Waals surface area contributed by atoms with Gasteiger partial charge >= 0.3 is 0 Å². The second-order valence-corrected chi connectivity index (χ2v) is 9.40. The van der Waals surface area contributed by atoms with Gasteiger partial charge in [-0.25, -0.2) is 8.42 Å². The number of amides is 1. The summed E-state index contributed by atoms with van der Waals surface area (Å²) in [5, 5.41) is 11.4. The van der Waals surface area contributed by atoms with Crippen LogP contribution in [0.25, 0.3) is 22.1 Å². The van der Waals surface area contributed by atoms with Gasteiger partial charge in [-0.2, -0.15) is 9.29 Å². The summed E-state index contributed by atoms with van der Waals surface area (Å²) < 4.78 is 32.4. The van der Waals surface area contributed by atoms with E-state index in [9.17, 15) is 13.2 Å². The number of benzene rings is 2. The summed E-state index contributed by atoms with van der Waals surface area (Å²) in [6, 6.07) is 11.5. The van der Waals surface area contributed by atoms with Gasteiger partial charge in [-0.1, -0.05) is 0 Å². The van der Waals surface area contributed by atoms with Crippen LogP contribution in [0.4, 0.5) is 5.95 Å². The number of rotatable bonds is 5. The van der Waals surface area contributed by atoms with E-state index in [-0.39, 0.29) is 16.8 Å². The summed E-state index contributed by atoms with van der Waals surface area (Å²) in [5.74, 6) is 0.295. The Bertz CT molecular complexity index is 1430. The minimum atomic E-state index is -3.55. The number of methoxy groups -OCH3 is 1. The molecule has 0 spiro atoms. The SMILES string of the molecule is COc1ccc(C(=O)Nc2nnc3c(n2)[nH]c2ccc(S(=O)(=O)N4CCCC4)cc23)cc1. The summed E-state index contributed by atoms with van der Waals surface area (Å²) in [6.45, 7) is 1.07. The van der Waals surface area contributed by atoms with Crippen LogP contribution in [0.2, 0.25) is 0 Å². The van der Waals surface area contributed by atoms with Crippen molar-refractivity contribution in [3.8, 4) is 5.75 Å². The minimum absolute atomic E-state index is 0.0368. The fourth-order valence-corrected chi connectivity index (χ4v) is 5.30. The number of aromatic amines is 1. The van der Waals surface area contributed by atoms with E-state index in [1.807, 2.05) is 0 Å². The number of carbonyl (C=O) groups excluding carboxylic acids is 1. The van der Waals surface area contributed by atoms with E-state index >= 15 is 0 Å². The van der Waals surface area contributed by atoms with Gasteiger partial charge in [0.25, 0.3) is 11.9 Å². The van der Waals surface area contributed by atoms with Gasteiger partial charge in [0.1, 0.15) is 11.3 Å². The average Bonchev–Trinajstić information content (AvgIpc) is 3.47. The van der Waals surface area contributed by atoms with Crippen LogP contribution in [-0.2, 0) is 10.0 Å². The van der Waals surface area contributed by atoms with Crippen molar-refractivity contribution >= 4 is 43.9 Å². The second kappa shape index (κ2) is 7.84. The van der Waals surface area contributed by atoms with Crippen LogP contribution in [0.3, 0.4) is 0 Å². The molecule has 1 saturated heterocycles. The van der Waals surface area contributed by atoms with Crippen LogP contribution in [0.1, 0.15) is 23.2 Å². The Labute approximate surface area is 183 Å². The van der Waals surface area contributed by atoms with Crippen LogP contribution >= 0.6 is 0 Å². The third-order valence-electron chi connectivity index (χ3n) is 5.47. The molecule has 3 heterocycles. The molecular weight excluding hydrogens is 432 g/mol.